The number of aliphatic carboxylic acids is 1. The number of nitrogens with zero attached hydrogens (tertiary/aromatic N) is 2. The minimum atomic E-state index is -0.881. The number of nitrogens with one attached hydrogen (secondary N) is 1. The second kappa shape index (κ2) is 4.38. The van der Waals surface area contributed by atoms with Crippen molar-refractivity contribution >= 4 is 22.8 Å². The molecule has 1 fully saturated rings. The van der Waals surface area contributed by atoms with E-state index in [4.69, 9.17) is 5.11 Å². The zero-order valence-electron chi connectivity index (χ0n) is 10.2. The summed E-state index contributed by atoms with van der Waals surface area (Å²) >= 11 is 0. The Morgan fingerprint density at radius 1 is 1.42 bits per heavy atom. The number of H-pyrrole nitrogens is 1. The Balaban J connectivity index is 2.10. The van der Waals surface area contributed by atoms with E-state index in [-0.39, 0.29) is 5.56 Å². The fourth-order valence-electron chi connectivity index (χ4n) is 2.50. The van der Waals surface area contributed by atoms with Crippen molar-refractivity contribution < 1.29 is 9.90 Å². The Hall–Kier alpha value is -2.37. The number of fused-ring (bicyclic) bond motifs is 1. The smallest absolute Gasteiger partial charge is 0.326 e. The lowest BCUT2D eigenvalue weighted by Gasteiger charge is -2.21. The zero-order valence-corrected chi connectivity index (χ0v) is 10.2. The van der Waals surface area contributed by atoms with Crippen molar-refractivity contribution in [2.75, 3.05) is 11.4 Å². The van der Waals surface area contributed by atoms with E-state index >= 15 is 0 Å². The Kier molecular flexibility index (Phi) is 2.70. The van der Waals surface area contributed by atoms with Crippen molar-refractivity contribution in [3.05, 3.63) is 34.6 Å². The van der Waals surface area contributed by atoms with Gasteiger partial charge in [0.25, 0.3) is 5.56 Å². The molecule has 0 bridgehead atoms. The number of aromatic amines is 1. The molecule has 2 N–H and O–H groups in total. The van der Waals surface area contributed by atoms with Gasteiger partial charge in [-0.15, -0.1) is 0 Å². The molecule has 1 aromatic heterocycles. The lowest BCUT2D eigenvalue weighted by atomic mass is 10.2. The zero-order chi connectivity index (χ0) is 13.4. The number of hydrogen-bond acceptors (Lipinski definition) is 4. The van der Waals surface area contributed by atoms with Gasteiger partial charge in [-0.25, -0.2) is 4.79 Å². The third kappa shape index (κ3) is 1.95. The Morgan fingerprint density at radius 3 is 3.00 bits per heavy atom. The van der Waals surface area contributed by atoms with Crippen LogP contribution in [-0.4, -0.2) is 33.6 Å². The Bertz CT molecular complexity index is 695. The molecule has 1 saturated heterocycles. The molecule has 98 valence electrons. The van der Waals surface area contributed by atoms with Gasteiger partial charge in [-0.1, -0.05) is 12.1 Å². The van der Waals surface area contributed by atoms with Crippen molar-refractivity contribution in [1.29, 1.82) is 0 Å². The lowest BCUT2D eigenvalue weighted by Crippen LogP contribution is -2.37. The van der Waals surface area contributed by atoms with Crippen LogP contribution in [0.4, 0.5) is 5.95 Å². The number of aromatic nitrogens is 2. The standard InChI is InChI=1S/C13H13N3O3/c17-11-8-4-1-2-5-9(8)14-13(15-11)16-7-3-6-10(16)12(18)19/h1-2,4-5,10H,3,6-7H2,(H,18,19)(H,14,15,17). The van der Waals surface area contributed by atoms with Crippen LogP contribution >= 0.6 is 0 Å². The molecule has 2 aromatic rings. The van der Waals surface area contributed by atoms with Gasteiger partial charge in [0.05, 0.1) is 10.9 Å². The van der Waals surface area contributed by atoms with E-state index in [9.17, 15) is 9.59 Å². The molecule has 1 unspecified atom stereocenters. The summed E-state index contributed by atoms with van der Waals surface area (Å²) < 4.78 is 0. The number of anilines is 1. The van der Waals surface area contributed by atoms with E-state index in [0.717, 1.165) is 6.42 Å². The predicted molar refractivity (Wildman–Crippen MR) is 70.4 cm³/mol. The number of carboxylic acid groups (broad SMARTS) is 1. The summed E-state index contributed by atoms with van der Waals surface area (Å²) in [7, 11) is 0. The van der Waals surface area contributed by atoms with Gasteiger partial charge in [0.15, 0.2) is 0 Å². The first kappa shape index (κ1) is 11.7. The van der Waals surface area contributed by atoms with E-state index in [1.165, 1.54) is 0 Å². The molecule has 1 aliphatic heterocycles. The lowest BCUT2D eigenvalue weighted by molar-refractivity contribution is -0.138. The highest BCUT2D eigenvalue weighted by Crippen LogP contribution is 2.22. The number of hydrogen-bond donors (Lipinski definition) is 2. The summed E-state index contributed by atoms with van der Waals surface area (Å²) in [5.41, 5.74) is 0.342. The summed E-state index contributed by atoms with van der Waals surface area (Å²) in [6.45, 7) is 0.595. The second-order valence-corrected chi connectivity index (χ2v) is 4.60. The maximum absolute atomic E-state index is 11.9. The molecule has 0 aliphatic carbocycles. The molecular formula is C13H13N3O3. The number of carboxylic acids is 1. The number of para-hydroxylation sites is 1. The van der Waals surface area contributed by atoms with E-state index in [1.807, 2.05) is 6.07 Å². The van der Waals surface area contributed by atoms with Gasteiger partial charge < -0.3 is 15.0 Å². The van der Waals surface area contributed by atoms with Crippen molar-refractivity contribution in [3.8, 4) is 0 Å². The first-order valence-electron chi connectivity index (χ1n) is 6.15. The molecule has 6 heteroatoms. The predicted octanol–water partition coefficient (Wildman–Crippen LogP) is 0.976. The quantitative estimate of drug-likeness (QED) is 0.839. The third-order valence-electron chi connectivity index (χ3n) is 3.42. The van der Waals surface area contributed by atoms with Gasteiger partial charge >= 0.3 is 5.97 Å². The van der Waals surface area contributed by atoms with Crippen molar-refractivity contribution in [3.63, 3.8) is 0 Å². The molecule has 2 heterocycles. The number of rotatable bonds is 2. The van der Waals surface area contributed by atoms with Gasteiger partial charge in [0.2, 0.25) is 5.95 Å². The average molecular weight is 259 g/mol. The topological polar surface area (TPSA) is 86.3 Å². The molecule has 1 atom stereocenters. The third-order valence-corrected chi connectivity index (χ3v) is 3.42. The number of benzene rings is 1. The molecule has 1 aliphatic rings. The van der Waals surface area contributed by atoms with Gasteiger partial charge in [0.1, 0.15) is 6.04 Å². The van der Waals surface area contributed by atoms with Crippen LogP contribution in [0.1, 0.15) is 12.8 Å². The van der Waals surface area contributed by atoms with Crippen LogP contribution in [0.5, 0.6) is 0 Å². The van der Waals surface area contributed by atoms with Crippen LogP contribution < -0.4 is 10.5 Å². The van der Waals surface area contributed by atoms with Gasteiger partial charge in [0, 0.05) is 6.54 Å². The van der Waals surface area contributed by atoms with Gasteiger partial charge in [-0.2, -0.15) is 4.98 Å². The molecule has 0 spiro atoms. The first-order valence-corrected chi connectivity index (χ1v) is 6.15. The van der Waals surface area contributed by atoms with Crippen LogP contribution in [0.15, 0.2) is 29.1 Å². The highest BCUT2D eigenvalue weighted by atomic mass is 16.4. The highest BCUT2D eigenvalue weighted by molar-refractivity contribution is 5.81. The second-order valence-electron chi connectivity index (χ2n) is 4.60. The maximum Gasteiger partial charge on any atom is 0.326 e. The van der Waals surface area contributed by atoms with E-state index in [1.54, 1.807) is 23.1 Å². The normalized spacial score (nSPS) is 18.9. The largest absolute Gasteiger partial charge is 0.480 e. The van der Waals surface area contributed by atoms with Crippen LogP contribution in [-0.2, 0) is 4.79 Å². The van der Waals surface area contributed by atoms with E-state index < -0.39 is 12.0 Å². The number of carbonyl (C=O) groups is 1. The molecule has 6 nitrogen and oxygen atoms in total. The van der Waals surface area contributed by atoms with Gasteiger partial charge in [-0.05, 0) is 25.0 Å². The fraction of sp³-hybridized carbons (Fsp3) is 0.308. The highest BCUT2D eigenvalue weighted by Gasteiger charge is 2.32. The van der Waals surface area contributed by atoms with Crippen molar-refractivity contribution in [2.24, 2.45) is 0 Å². The monoisotopic (exact) mass is 259 g/mol. The minimum absolute atomic E-state index is 0.333. The molecule has 19 heavy (non-hydrogen) atoms. The van der Waals surface area contributed by atoms with Crippen molar-refractivity contribution in [2.45, 2.75) is 18.9 Å². The molecule has 0 amide bonds. The Morgan fingerprint density at radius 2 is 2.21 bits per heavy atom. The van der Waals surface area contributed by atoms with Crippen LogP contribution in [0.3, 0.4) is 0 Å². The van der Waals surface area contributed by atoms with E-state index in [2.05, 4.69) is 9.97 Å². The SMILES string of the molecule is O=C(O)C1CCCN1c1nc(=O)c2ccccc2[nH]1. The summed E-state index contributed by atoms with van der Waals surface area (Å²) in [6, 6.07) is 6.47. The summed E-state index contributed by atoms with van der Waals surface area (Å²) in [5.74, 6) is -0.540. The summed E-state index contributed by atoms with van der Waals surface area (Å²) in [6.07, 6.45) is 1.36. The fourth-order valence-corrected chi connectivity index (χ4v) is 2.50. The molecular weight excluding hydrogens is 246 g/mol. The Labute approximate surface area is 108 Å². The molecule has 0 radical (unpaired) electrons. The van der Waals surface area contributed by atoms with Crippen LogP contribution in [0, 0.1) is 0 Å². The van der Waals surface area contributed by atoms with Crippen LogP contribution in [0.25, 0.3) is 10.9 Å². The molecule has 0 saturated carbocycles. The van der Waals surface area contributed by atoms with Gasteiger partial charge in [-0.3, -0.25) is 4.79 Å². The van der Waals surface area contributed by atoms with Crippen LogP contribution in [0.2, 0.25) is 0 Å². The first-order chi connectivity index (χ1) is 9.16. The minimum Gasteiger partial charge on any atom is -0.480 e. The van der Waals surface area contributed by atoms with Crippen molar-refractivity contribution in [1.82, 2.24) is 9.97 Å². The van der Waals surface area contributed by atoms with E-state index in [0.29, 0.717) is 29.8 Å². The molecule has 3 rings (SSSR count). The summed E-state index contributed by atoms with van der Waals surface area (Å²) in [4.78, 5) is 31.8. The summed E-state index contributed by atoms with van der Waals surface area (Å²) in [5, 5.41) is 9.68. The maximum atomic E-state index is 11.9. The average Bonchev–Trinajstić information content (AvgIpc) is 2.88. The molecule has 1 aromatic carbocycles.